The van der Waals surface area contributed by atoms with E-state index in [1.54, 1.807) is 0 Å². The molecule has 0 bridgehead atoms. The van der Waals surface area contributed by atoms with Crippen molar-refractivity contribution in [2.24, 2.45) is 0 Å². The fourth-order valence-corrected chi connectivity index (χ4v) is 3.62. The van der Waals surface area contributed by atoms with Crippen LogP contribution in [0.15, 0.2) is 11.8 Å². The number of nitrogens with one attached hydrogen (secondary N) is 1. The highest BCUT2D eigenvalue weighted by Crippen LogP contribution is 2.30. The molecule has 0 amide bonds. The summed E-state index contributed by atoms with van der Waals surface area (Å²) in [5, 5.41) is 3.54. The quantitative estimate of drug-likeness (QED) is 0.847. The molecule has 1 unspecified atom stereocenters. The van der Waals surface area contributed by atoms with Gasteiger partial charge in [-0.2, -0.15) is 0 Å². The van der Waals surface area contributed by atoms with Gasteiger partial charge in [-0.3, -0.25) is 4.90 Å². The maximum Gasteiger partial charge on any atom is 0.0876 e. The molecule has 1 atom stereocenters. The summed E-state index contributed by atoms with van der Waals surface area (Å²) in [5.74, 6) is 0. The fourth-order valence-electron chi connectivity index (χ4n) is 3.62. The standard InChI is InChI=1S/C16H30N2O/c1-16(2,18-10-6-4-5-7-11-18)15(17-3)14-9-8-12-19-13-14/h13,15,17H,4-12H2,1-3H3. The number of likely N-dealkylation sites (N-methyl/N-ethyl adjacent to an activating group) is 1. The van der Waals surface area contributed by atoms with Crippen LogP contribution in [-0.4, -0.2) is 43.2 Å². The van der Waals surface area contributed by atoms with Crippen molar-refractivity contribution in [3.8, 4) is 0 Å². The van der Waals surface area contributed by atoms with Crippen LogP contribution in [0.1, 0.15) is 52.4 Å². The van der Waals surface area contributed by atoms with E-state index < -0.39 is 0 Å². The molecule has 0 aromatic heterocycles. The Bertz CT molecular complexity index is 304. The summed E-state index contributed by atoms with van der Waals surface area (Å²) < 4.78 is 5.55. The van der Waals surface area contributed by atoms with E-state index in [9.17, 15) is 0 Å². The molecule has 1 N–H and O–H groups in total. The van der Waals surface area contributed by atoms with E-state index in [0.29, 0.717) is 6.04 Å². The average Bonchev–Trinajstić information content (AvgIpc) is 2.70. The van der Waals surface area contributed by atoms with Crippen LogP contribution in [-0.2, 0) is 4.74 Å². The third-order valence-corrected chi connectivity index (χ3v) is 4.75. The normalized spacial score (nSPS) is 24.3. The summed E-state index contributed by atoms with van der Waals surface area (Å²) >= 11 is 0. The van der Waals surface area contributed by atoms with Gasteiger partial charge in [0.15, 0.2) is 0 Å². The van der Waals surface area contributed by atoms with Crippen molar-refractivity contribution >= 4 is 0 Å². The van der Waals surface area contributed by atoms with Gasteiger partial charge in [0.2, 0.25) is 0 Å². The third kappa shape index (κ3) is 3.51. The lowest BCUT2D eigenvalue weighted by atomic mass is 9.84. The smallest absolute Gasteiger partial charge is 0.0876 e. The molecule has 0 aromatic rings. The Morgan fingerprint density at radius 2 is 1.84 bits per heavy atom. The van der Waals surface area contributed by atoms with Crippen molar-refractivity contribution < 1.29 is 4.74 Å². The van der Waals surface area contributed by atoms with E-state index in [2.05, 4.69) is 31.1 Å². The van der Waals surface area contributed by atoms with Gasteiger partial charge in [-0.25, -0.2) is 0 Å². The number of rotatable bonds is 4. The molecule has 19 heavy (non-hydrogen) atoms. The van der Waals surface area contributed by atoms with Crippen molar-refractivity contribution in [3.05, 3.63) is 11.8 Å². The number of hydrogen-bond donors (Lipinski definition) is 1. The van der Waals surface area contributed by atoms with Crippen molar-refractivity contribution in [1.82, 2.24) is 10.2 Å². The van der Waals surface area contributed by atoms with Gasteiger partial charge in [0.05, 0.1) is 12.9 Å². The fraction of sp³-hybridized carbons (Fsp3) is 0.875. The molecule has 3 nitrogen and oxygen atoms in total. The van der Waals surface area contributed by atoms with Gasteiger partial charge in [-0.1, -0.05) is 12.8 Å². The highest BCUT2D eigenvalue weighted by Gasteiger charge is 2.37. The molecule has 2 aliphatic heterocycles. The Balaban J connectivity index is 2.11. The molecule has 0 radical (unpaired) electrons. The van der Waals surface area contributed by atoms with Crippen molar-refractivity contribution in [1.29, 1.82) is 0 Å². The molecule has 2 aliphatic rings. The van der Waals surface area contributed by atoms with Crippen molar-refractivity contribution in [2.45, 2.75) is 64.0 Å². The summed E-state index contributed by atoms with van der Waals surface area (Å²) in [6.45, 7) is 8.12. The number of likely N-dealkylation sites (tertiary alicyclic amines) is 1. The first-order valence-corrected chi connectivity index (χ1v) is 7.89. The first-order chi connectivity index (χ1) is 9.16. The Morgan fingerprint density at radius 3 is 2.37 bits per heavy atom. The summed E-state index contributed by atoms with van der Waals surface area (Å²) in [7, 11) is 2.08. The summed E-state index contributed by atoms with van der Waals surface area (Å²) in [5.41, 5.74) is 1.59. The van der Waals surface area contributed by atoms with E-state index in [-0.39, 0.29) is 5.54 Å². The van der Waals surface area contributed by atoms with Crippen LogP contribution in [0.3, 0.4) is 0 Å². The molecule has 3 heteroatoms. The Labute approximate surface area is 118 Å². The molecule has 0 aliphatic carbocycles. The SMILES string of the molecule is CNC(C1=COCCC1)C(C)(C)N1CCCCCC1. The highest BCUT2D eigenvalue weighted by molar-refractivity contribution is 5.17. The predicted octanol–water partition coefficient (Wildman–Crippen LogP) is 2.92. The minimum atomic E-state index is 0.158. The molecule has 0 saturated carbocycles. The average molecular weight is 266 g/mol. The molecule has 1 fully saturated rings. The summed E-state index contributed by atoms with van der Waals surface area (Å²) in [4.78, 5) is 2.68. The topological polar surface area (TPSA) is 24.5 Å². The van der Waals surface area contributed by atoms with E-state index >= 15 is 0 Å². The molecule has 0 spiro atoms. The van der Waals surface area contributed by atoms with E-state index in [0.717, 1.165) is 13.0 Å². The van der Waals surface area contributed by atoms with Gasteiger partial charge in [0.25, 0.3) is 0 Å². The van der Waals surface area contributed by atoms with Gasteiger partial charge in [-0.15, -0.1) is 0 Å². The lowest BCUT2D eigenvalue weighted by Crippen LogP contribution is -2.58. The molecule has 110 valence electrons. The molecule has 0 aromatic carbocycles. The molecular weight excluding hydrogens is 236 g/mol. The highest BCUT2D eigenvalue weighted by atomic mass is 16.5. The Morgan fingerprint density at radius 1 is 1.16 bits per heavy atom. The van der Waals surface area contributed by atoms with E-state index in [1.807, 2.05) is 6.26 Å². The van der Waals surface area contributed by atoms with Crippen LogP contribution < -0.4 is 5.32 Å². The number of nitrogens with zero attached hydrogens (tertiary/aromatic N) is 1. The van der Waals surface area contributed by atoms with E-state index in [1.165, 1.54) is 50.8 Å². The third-order valence-electron chi connectivity index (χ3n) is 4.75. The monoisotopic (exact) mass is 266 g/mol. The minimum absolute atomic E-state index is 0.158. The van der Waals surface area contributed by atoms with Crippen LogP contribution in [0.5, 0.6) is 0 Å². The van der Waals surface area contributed by atoms with Crippen LogP contribution >= 0.6 is 0 Å². The maximum atomic E-state index is 5.55. The summed E-state index contributed by atoms with van der Waals surface area (Å²) in [6, 6.07) is 0.394. The zero-order valence-corrected chi connectivity index (χ0v) is 12.9. The van der Waals surface area contributed by atoms with Gasteiger partial charge in [0.1, 0.15) is 0 Å². The van der Waals surface area contributed by atoms with Crippen LogP contribution in [0, 0.1) is 0 Å². The van der Waals surface area contributed by atoms with Crippen molar-refractivity contribution in [2.75, 3.05) is 26.7 Å². The molecule has 1 saturated heterocycles. The second kappa shape index (κ2) is 6.76. The first kappa shape index (κ1) is 14.9. The zero-order valence-electron chi connectivity index (χ0n) is 12.9. The maximum absolute atomic E-state index is 5.55. The molecule has 2 rings (SSSR count). The van der Waals surface area contributed by atoms with Crippen molar-refractivity contribution in [3.63, 3.8) is 0 Å². The number of hydrogen-bond acceptors (Lipinski definition) is 3. The van der Waals surface area contributed by atoms with Crippen LogP contribution in [0.25, 0.3) is 0 Å². The lowest BCUT2D eigenvalue weighted by Gasteiger charge is -2.45. The van der Waals surface area contributed by atoms with Gasteiger partial charge >= 0.3 is 0 Å². The lowest BCUT2D eigenvalue weighted by molar-refractivity contribution is 0.0924. The Kier molecular flexibility index (Phi) is 5.28. The second-order valence-electron chi connectivity index (χ2n) is 6.44. The van der Waals surface area contributed by atoms with Crippen LogP contribution in [0.2, 0.25) is 0 Å². The first-order valence-electron chi connectivity index (χ1n) is 7.89. The summed E-state index contributed by atoms with van der Waals surface area (Å²) in [6.07, 6.45) is 9.79. The second-order valence-corrected chi connectivity index (χ2v) is 6.44. The van der Waals surface area contributed by atoms with Gasteiger partial charge in [-0.05, 0) is 65.2 Å². The zero-order chi connectivity index (χ0) is 13.7. The molecular formula is C16H30N2O. The minimum Gasteiger partial charge on any atom is -0.501 e. The van der Waals surface area contributed by atoms with Crippen LogP contribution in [0.4, 0.5) is 0 Å². The molecule has 2 heterocycles. The largest absolute Gasteiger partial charge is 0.501 e. The number of ether oxygens (including phenoxy) is 1. The Hall–Kier alpha value is -0.540. The van der Waals surface area contributed by atoms with Gasteiger partial charge < -0.3 is 10.1 Å². The van der Waals surface area contributed by atoms with Gasteiger partial charge in [0, 0.05) is 11.6 Å². The van der Waals surface area contributed by atoms with E-state index in [4.69, 9.17) is 4.74 Å². The predicted molar refractivity (Wildman–Crippen MR) is 80.2 cm³/mol.